The van der Waals surface area contributed by atoms with E-state index in [1.807, 2.05) is 41.5 Å². The zero-order valence-electron chi connectivity index (χ0n) is 17.1. The van der Waals surface area contributed by atoms with Crippen LogP contribution in [0.4, 0.5) is 4.79 Å². The predicted molar refractivity (Wildman–Crippen MR) is 116 cm³/mol. The summed E-state index contributed by atoms with van der Waals surface area (Å²) in [4.78, 5) is 30.8. The standard InChI is InChI=1S/C20H26IN3O4/c1-11(17-12(2)23-28-13(17)3)21-15(10-25)16-9-24(18(22-16)14-7-8-14)19(26)27-20(4,5)6/h10,14H,7-9H2,1-6H3/b16-15+. The topological polar surface area (TPSA) is 85.0 Å². The van der Waals surface area contributed by atoms with Gasteiger partial charge in [-0.25, -0.2) is 9.79 Å². The van der Waals surface area contributed by atoms with Crippen molar-refractivity contribution in [1.82, 2.24) is 10.1 Å². The molecule has 1 aromatic rings. The highest BCUT2D eigenvalue weighted by molar-refractivity contribution is 14.2. The van der Waals surface area contributed by atoms with Crippen LogP contribution in [0.1, 0.15) is 57.6 Å². The molecule has 0 bridgehead atoms. The van der Waals surface area contributed by atoms with Gasteiger partial charge in [-0.3, -0.25) is 9.69 Å². The number of aryl methyl sites for hydroxylation is 2. The first-order valence-electron chi connectivity index (χ1n) is 9.29. The fraction of sp³-hybridized carbons (Fsp3) is 0.550. The Kier molecular flexibility index (Phi) is 5.88. The molecule has 0 atom stereocenters. The summed E-state index contributed by atoms with van der Waals surface area (Å²) in [6.07, 6.45) is 2.52. The lowest BCUT2D eigenvalue weighted by molar-refractivity contribution is -0.104. The van der Waals surface area contributed by atoms with Gasteiger partial charge < -0.3 is 9.26 Å². The van der Waals surface area contributed by atoms with Gasteiger partial charge >= 0.3 is 6.09 Å². The summed E-state index contributed by atoms with van der Waals surface area (Å²) >= 11 is -0.746. The second kappa shape index (κ2) is 7.88. The Morgan fingerprint density at radius 2 is 2.00 bits per heavy atom. The molecule has 1 aliphatic carbocycles. The van der Waals surface area contributed by atoms with Crippen LogP contribution in [0.15, 0.2) is 18.8 Å². The van der Waals surface area contributed by atoms with Crippen molar-refractivity contribution in [2.75, 3.05) is 6.54 Å². The fourth-order valence-electron chi connectivity index (χ4n) is 3.04. The zero-order valence-corrected chi connectivity index (χ0v) is 19.3. The number of amidine groups is 1. The maximum absolute atomic E-state index is 12.7. The van der Waals surface area contributed by atoms with E-state index >= 15 is 0 Å². The second-order valence-electron chi connectivity index (χ2n) is 8.05. The molecule has 152 valence electrons. The van der Waals surface area contributed by atoms with E-state index in [0.29, 0.717) is 15.8 Å². The Bertz CT molecular complexity index is 882. The number of hydrogen-bond donors (Lipinski definition) is 0. The van der Waals surface area contributed by atoms with Gasteiger partial charge in [0.05, 0.1) is 21.5 Å². The quantitative estimate of drug-likeness (QED) is 0.351. The number of carbonyl (C=O) groups excluding carboxylic acids is 2. The van der Waals surface area contributed by atoms with E-state index in [2.05, 4.69) is 5.16 Å². The Hall–Kier alpha value is -1.84. The first kappa shape index (κ1) is 20.9. The molecule has 8 heteroatoms. The van der Waals surface area contributed by atoms with Gasteiger partial charge in [0.2, 0.25) is 0 Å². The Labute approximate surface area is 174 Å². The lowest BCUT2D eigenvalue weighted by Gasteiger charge is -2.25. The Balaban J connectivity index is 1.94. The first-order chi connectivity index (χ1) is 13.1. The number of rotatable bonds is 4. The zero-order chi connectivity index (χ0) is 20.6. The van der Waals surface area contributed by atoms with Crippen molar-refractivity contribution in [3.05, 3.63) is 26.3 Å². The highest BCUT2D eigenvalue weighted by atomic mass is 127. The number of aldehydes is 1. The van der Waals surface area contributed by atoms with Crippen molar-refractivity contribution in [2.24, 2.45) is 10.9 Å². The van der Waals surface area contributed by atoms with Gasteiger partial charge in [-0.1, -0.05) is 25.9 Å². The maximum atomic E-state index is 12.7. The van der Waals surface area contributed by atoms with Crippen LogP contribution in [0.3, 0.4) is 0 Å². The third-order valence-corrected chi connectivity index (χ3v) is 7.20. The summed E-state index contributed by atoms with van der Waals surface area (Å²) in [5.41, 5.74) is 1.92. The normalized spacial score (nSPS) is 19.9. The van der Waals surface area contributed by atoms with Gasteiger partial charge in [0.15, 0.2) is 6.29 Å². The van der Waals surface area contributed by atoms with Crippen molar-refractivity contribution in [1.29, 1.82) is 0 Å². The van der Waals surface area contributed by atoms with Gasteiger partial charge in [0, 0.05) is 11.5 Å². The molecule has 1 aromatic heterocycles. The SMILES string of the molecule is CC(=I/C(C=O)=C1\CN(C(=O)OC(C)(C)C)C(C2CC2)=N1)c1c(C)noc1C. The van der Waals surface area contributed by atoms with Crippen molar-refractivity contribution in [2.45, 2.75) is 60.0 Å². The number of amides is 1. The summed E-state index contributed by atoms with van der Waals surface area (Å²) in [7, 11) is 0. The minimum atomic E-state index is -0.746. The number of aromatic nitrogens is 1. The van der Waals surface area contributed by atoms with Crippen LogP contribution in [0, 0.1) is 19.8 Å². The summed E-state index contributed by atoms with van der Waals surface area (Å²) in [5, 5.41) is 4.00. The summed E-state index contributed by atoms with van der Waals surface area (Å²) in [5.74, 6) is 1.78. The summed E-state index contributed by atoms with van der Waals surface area (Å²) in [6.45, 7) is 11.6. The molecule has 1 amide bonds. The van der Waals surface area contributed by atoms with Crippen molar-refractivity contribution >= 4 is 42.5 Å². The van der Waals surface area contributed by atoms with Gasteiger partial charge in [-0.15, -0.1) is 0 Å². The molecule has 1 fully saturated rings. The van der Waals surface area contributed by atoms with Gasteiger partial charge in [0.25, 0.3) is 0 Å². The van der Waals surface area contributed by atoms with E-state index in [-0.39, 0.29) is 5.92 Å². The molecule has 0 unspecified atom stereocenters. The predicted octanol–water partition coefficient (Wildman–Crippen LogP) is 4.27. The van der Waals surface area contributed by atoms with Gasteiger partial charge in [-0.2, -0.15) is 0 Å². The van der Waals surface area contributed by atoms with E-state index in [1.165, 1.54) is 0 Å². The average Bonchev–Trinajstić information content (AvgIpc) is 3.25. The molecule has 0 spiro atoms. The van der Waals surface area contributed by atoms with Crippen molar-refractivity contribution in [3.63, 3.8) is 0 Å². The van der Waals surface area contributed by atoms with Crippen LogP contribution in [0.25, 0.3) is 0 Å². The number of aliphatic imine (C=N–C) groups is 1. The maximum Gasteiger partial charge on any atom is 0.416 e. The molecule has 3 rings (SSSR count). The number of nitrogens with zero attached hydrogens (tertiary/aromatic N) is 3. The molecule has 0 saturated heterocycles. The van der Waals surface area contributed by atoms with Crippen LogP contribution in [0.2, 0.25) is 0 Å². The first-order valence-corrected chi connectivity index (χ1v) is 11.5. The Morgan fingerprint density at radius 1 is 1.32 bits per heavy atom. The molecule has 0 radical (unpaired) electrons. The largest absolute Gasteiger partial charge is 0.443 e. The van der Waals surface area contributed by atoms with E-state index in [0.717, 1.165) is 45.5 Å². The lowest BCUT2D eigenvalue weighted by atomic mass is 10.1. The average molecular weight is 499 g/mol. The molecular formula is C20H26IN3O4. The minimum absolute atomic E-state index is 0.281. The molecular weight excluding hydrogens is 473 g/mol. The highest BCUT2D eigenvalue weighted by Crippen LogP contribution is 2.37. The summed E-state index contributed by atoms with van der Waals surface area (Å²) in [6, 6.07) is 0. The molecule has 2 heterocycles. The number of allylic oxidation sites excluding steroid dienone is 1. The minimum Gasteiger partial charge on any atom is -0.443 e. The number of carbonyl (C=O) groups is 2. The second-order valence-corrected chi connectivity index (χ2v) is 11.4. The van der Waals surface area contributed by atoms with E-state index < -0.39 is 32.4 Å². The van der Waals surface area contributed by atoms with Crippen LogP contribution >= 0.6 is 20.7 Å². The Morgan fingerprint density at radius 3 is 2.50 bits per heavy atom. The number of halogens is 1. The summed E-state index contributed by atoms with van der Waals surface area (Å²) < 4.78 is 12.6. The van der Waals surface area contributed by atoms with Crippen molar-refractivity contribution < 1.29 is 18.8 Å². The third kappa shape index (κ3) is 4.59. The monoisotopic (exact) mass is 499 g/mol. The van der Waals surface area contributed by atoms with Crippen molar-refractivity contribution in [3.8, 4) is 0 Å². The fourth-order valence-corrected chi connectivity index (χ4v) is 5.68. The molecule has 7 nitrogen and oxygen atoms in total. The molecule has 1 aliphatic heterocycles. The van der Waals surface area contributed by atoms with Crippen LogP contribution in [-0.4, -0.2) is 43.9 Å². The van der Waals surface area contributed by atoms with Crippen LogP contribution in [0.5, 0.6) is 0 Å². The highest BCUT2D eigenvalue weighted by Gasteiger charge is 2.40. The molecule has 1 saturated carbocycles. The van der Waals surface area contributed by atoms with Gasteiger partial charge in [-0.05, 0) is 57.9 Å². The van der Waals surface area contributed by atoms with E-state index in [1.54, 1.807) is 4.90 Å². The molecule has 2 aliphatic rings. The third-order valence-electron chi connectivity index (χ3n) is 4.39. The smallest absolute Gasteiger partial charge is 0.416 e. The molecule has 0 aromatic carbocycles. The molecule has 28 heavy (non-hydrogen) atoms. The van der Waals surface area contributed by atoms with Crippen LogP contribution < -0.4 is 0 Å². The van der Waals surface area contributed by atoms with Gasteiger partial charge in [0.1, 0.15) is 17.2 Å². The molecule has 0 N–H and O–H groups in total. The number of hydrogen-bond acceptors (Lipinski definition) is 6. The van der Waals surface area contributed by atoms with E-state index in [9.17, 15) is 9.59 Å². The number of ether oxygens (including phenoxy) is 1. The van der Waals surface area contributed by atoms with Crippen LogP contribution in [-0.2, 0) is 9.53 Å². The lowest BCUT2D eigenvalue weighted by Crippen LogP contribution is -2.39. The van der Waals surface area contributed by atoms with E-state index in [4.69, 9.17) is 14.3 Å².